The summed E-state index contributed by atoms with van der Waals surface area (Å²) in [6.45, 7) is 0.296. The van der Waals surface area contributed by atoms with Crippen molar-refractivity contribution >= 4 is 12.3 Å². The second-order valence-corrected chi connectivity index (χ2v) is 2.84. The van der Waals surface area contributed by atoms with Crippen molar-refractivity contribution < 1.29 is 14.3 Å². The number of carbonyl (C=O) groups excluding carboxylic acids is 2. The van der Waals surface area contributed by atoms with Crippen LogP contribution in [-0.4, -0.2) is 12.3 Å². The van der Waals surface area contributed by atoms with E-state index in [1.54, 1.807) is 18.2 Å². The highest BCUT2D eigenvalue weighted by Gasteiger charge is 2.20. The molecule has 3 nitrogen and oxygen atoms in total. The Labute approximate surface area is 80.7 Å². The SMILES string of the molecule is O=CC#Cc1ccc2c(c1)COC2=O. The number of aldehydes is 1. The van der Waals surface area contributed by atoms with E-state index in [4.69, 9.17) is 4.74 Å². The molecule has 0 amide bonds. The summed E-state index contributed by atoms with van der Waals surface area (Å²) >= 11 is 0. The average molecular weight is 186 g/mol. The Kier molecular flexibility index (Phi) is 2.04. The lowest BCUT2D eigenvalue weighted by atomic mass is 10.1. The van der Waals surface area contributed by atoms with Crippen molar-refractivity contribution in [1.82, 2.24) is 0 Å². The van der Waals surface area contributed by atoms with Crippen LogP contribution in [0, 0.1) is 11.8 Å². The molecular formula is C11H6O3. The maximum atomic E-state index is 11.1. The van der Waals surface area contributed by atoms with Gasteiger partial charge in [-0.25, -0.2) is 4.79 Å². The Bertz CT molecular complexity index is 463. The van der Waals surface area contributed by atoms with Crippen LogP contribution in [0.4, 0.5) is 0 Å². The number of fused-ring (bicyclic) bond motifs is 1. The van der Waals surface area contributed by atoms with Crippen LogP contribution in [0.5, 0.6) is 0 Å². The third-order valence-electron chi connectivity index (χ3n) is 1.96. The number of ether oxygens (including phenoxy) is 1. The minimum Gasteiger partial charge on any atom is -0.457 e. The van der Waals surface area contributed by atoms with Gasteiger partial charge >= 0.3 is 5.97 Å². The van der Waals surface area contributed by atoms with Crippen LogP contribution >= 0.6 is 0 Å². The summed E-state index contributed by atoms with van der Waals surface area (Å²) in [4.78, 5) is 21.1. The first-order valence-electron chi connectivity index (χ1n) is 4.06. The van der Waals surface area contributed by atoms with Crippen LogP contribution < -0.4 is 0 Å². The van der Waals surface area contributed by atoms with E-state index < -0.39 is 0 Å². The maximum absolute atomic E-state index is 11.1. The minimum absolute atomic E-state index is 0.296. The van der Waals surface area contributed by atoms with Gasteiger partial charge in [0.15, 0.2) is 6.29 Å². The molecule has 0 bridgehead atoms. The van der Waals surface area contributed by atoms with Crippen molar-refractivity contribution in [2.75, 3.05) is 0 Å². The van der Waals surface area contributed by atoms with E-state index in [-0.39, 0.29) is 5.97 Å². The number of benzene rings is 1. The Hall–Kier alpha value is -2.08. The third-order valence-corrected chi connectivity index (χ3v) is 1.96. The molecule has 0 saturated heterocycles. The highest BCUT2D eigenvalue weighted by Crippen LogP contribution is 2.20. The van der Waals surface area contributed by atoms with Crippen molar-refractivity contribution in [3.8, 4) is 11.8 Å². The highest BCUT2D eigenvalue weighted by molar-refractivity contribution is 5.93. The predicted molar refractivity (Wildman–Crippen MR) is 48.5 cm³/mol. The Morgan fingerprint density at radius 2 is 2.29 bits per heavy atom. The van der Waals surface area contributed by atoms with E-state index in [2.05, 4.69) is 11.8 Å². The van der Waals surface area contributed by atoms with Gasteiger partial charge in [-0.2, -0.15) is 0 Å². The lowest BCUT2D eigenvalue weighted by Gasteiger charge is -1.93. The fourth-order valence-corrected chi connectivity index (χ4v) is 1.32. The molecule has 0 spiro atoms. The zero-order valence-corrected chi connectivity index (χ0v) is 7.24. The molecule has 0 saturated carbocycles. The van der Waals surface area contributed by atoms with E-state index in [9.17, 15) is 9.59 Å². The number of hydrogen-bond donors (Lipinski definition) is 0. The van der Waals surface area contributed by atoms with Crippen molar-refractivity contribution in [3.63, 3.8) is 0 Å². The van der Waals surface area contributed by atoms with Gasteiger partial charge in [0.25, 0.3) is 0 Å². The number of hydrogen-bond acceptors (Lipinski definition) is 3. The standard InChI is InChI=1S/C11H6O3/c12-5-1-2-8-3-4-10-9(6-8)7-14-11(10)13/h3-6H,7H2. The van der Waals surface area contributed by atoms with Crippen molar-refractivity contribution in [3.05, 3.63) is 34.9 Å². The topological polar surface area (TPSA) is 43.4 Å². The van der Waals surface area contributed by atoms with Gasteiger partial charge in [-0.3, -0.25) is 4.79 Å². The Morgan fingerprint density at radius 3 is 3.07 bits per heavy atom. The van der Waals surface area contributed by atoms with Crippen LogP contribution in [0.3, 0.4) is 0 Å². The Morgan fingerprint density at radius 1 is 1.43 bits per heavy atom. The van der Waals surface area contributed by atoms with Crippen LogP contribution in [0.15, 0.2) is 18.2 Å². The Balaban J connectivity index is 2.42. The van der Waals surface area contributed by atoms with Crippen LogP contribution in [0.25, 0.3) is 0 Å². The first-order chi connectivity index (χ1) is 6.81. The quantitative estimate of drug-likeness (QED) is 0.343. The summed E-state index contributed by atoms with van der Waals surface area (Å²) < 4.78 is 4.83. The number of carbonyl (C=O) groups is 2. The summed E-state index contributed by atoms with van der Waals surface area (Å²) in [5.41, 5.74) is 2.13. The lowest BCUT2D eigenvalue weighted by molar-refractivity contribution is -0.103. The molecule has 0 unspecified atom stereocenters. The van der Waals surface area contributed by atoms with E-state index in [1.807, 2.05) is 0 Å². The lowest BCUT2D eigenvalue weighted by Crippen LogP contribution is -1.92. The number of esters is 1. The molecular weight excluding hydrogens is 180 g/mol. The average Bonchev–Trinajstić information content (AvgIpc) is 2.57. The van der Waals surface area contributed by atoms with Crippen molar-refractivity contribution in [2.24, 2.45) is 0 Å². The fourth-order valence-electron chi connectivity index (χ4n) is 1.32. The van der Waals surface area contributed by atoms with E-state index in [1.165, 1.54) is 0 Å². The summed E-state index contributed by atoms with van der Waals surface area (Å²) in [7, 11) is 0. The summed E-state index contributed by atoms with van der Waals surface area (Å²) in [6.07, 6.45) is 0.537. The van der Waals surface area contributed by atoms with Gasteiger partial charge in [-0.1, -0.05) is 5.92 Å². The largest absolute Gasteiger partial charge is 0.457 e. The minimum atomic E-state index is -0.296. The molecule has 0 N–H and O–H groups in total. The first-order valence-corrected chi connectivity index (χ1v) is 4.06. The zero-order valence-electron chi connectivity index (χ0n) is 7.24. The second-order valence-electron chi connectivity index (χ2n) is 2.84. The fraction of sp³-hybridized carbons (Fsp3) is 0.0909. The van der Waals surface area contributed by atoms with Crippen LogP contribution in [0.1, 0.15) is 21.5 Å². The summed E-state index contributed by atoms with van der Waals surface area (Å²) in [6, 6.07) is 5.12. The molecule has 14 heavy (non-hydrogen) atoms. The molecule has 1 aliphatic rings. The van der Waals surface area contributed by atoms with Gasteiger partial charge in [-0.05, 0) is 24.1 Å². The number of rotatable bonds is 0. The van der Waals surface area contributed by atoms with Crippen molar-refractivity contribution in [2.45, 2.75) is 6.61 Å². The van der Waals surface area contributed by atoms with Crippen LogP contribution in [0.2, 0.25) is 0 Å². The molecule has 1 aromatic rings. The van der Waals surface area contributed by atoms with Gasteiger partial charge in [-0.15, -0.1) is 0 Å². The monoisotopic (exact) mass is 186 g/mol. The highest BCUT2D eigenvalue weighted by atomic mass is 16.5. The van der Waals surface area contributed by atoms with E-state index in [0.717, 1.165) is 5.56 Å². The van der Waals surface area contributed by atoms with Crippen molar-refractivity contribution in [1.29, 1.82) is 0 Å². The maximum Gasteiger partial charge on any atom is 0.338 e. The van der Waals surface area contributed by atoms with E-state index >= 15 is 0 Å². The molecule has 1 aromatic carbocycles. The smallest absolute Gasteiger partial charge is 0.338 e. The molecule has 2 rings (SSSR count). The van der Waals surface area contributed by atoms with Gasteiger partial charge in [0, 0.05) is 11.1 Å². The number of cyclic esters (lactones) is 1. The molecule has 0 aromatic heterocycles. The first kappa shape index (κ1) is 8.52. The zero-order chi connectivity index (χ0) is 9.97. The summed E-state index contributed by atoms with van der Waals surface area (Å²) in [5.74, 6) is 4.67. The molecule has 0 aliphatic carbocycles. The molecule has 1 heterocycles. The van der Waals surface area contributed by atoms with Gasteiger partial charge < -0.3 is 4.74 Å². The van der Waals surface area contributed by atoms with Crippen LogP contribution in [-0.2, 0) is 16.1 Å². The predicted octanol–water partition coefficient (Wildman–Crippen LogP) is 0.907. The molecule has 0 radical (unpaired) electrons. The van der Waals surface area contributed by atoms with Gasteiger partial charge in [0.05, 0.1) is 5.56 Å². The molecule has 0 atom stereocenters. The summed E-state index contributed by atoms with van der Waals surface area (Å²) in [5, 5.41) is 0. The normalized spacial score (nSPS) is 12.4. The third kappa shape index (κ3) is 1.38. The molecule has 68 valence electrons. The second kappa shape index (κ2) is 3.35. The van der Waals surface area contributed by atoms with Gasteiger partial charge in [0.2, 0.25) is 0 Å². The van der Waals surface area contributed by atoms with Gasteiger partial charge in [0.1, 0.15) is 6.61 Å². The molecule has 3 heteroatoms. The molecule has 1 aliphatic heterocycles. The molecule has 0 fully saturated rings. The van der Waals surface area contributed by atoms with E-state index in [0.29, 0.717) is 24.0 Å².